The molecule has 20 heavy (non-hydrogen) atoms. The SMILES string of the molecule is CCCc1nc(NN)c(C)c(Sc2ccc(C)cc2)n1. The molecular formula is C15H20N4S. The molecule has 0 aliphatic carbocycles. The number of nitrogens with one attached hydrogen (secondary N) is 1. The molecule has 1 aromatic carbocycles. The van der Waals surface area contributed by atoms with Crippen molar-refractivity contribution in [3.63, 3.8) is 0 Å². The van der Waals surface area contributed by atoms with E-state index in [1.807, 2.05) is 6.92 Å². The van der Waals surface area contributed by atoms with Crippen LogP contribution >= 0.6 is 11.8 Å². The number of benzene rings is 1. The average Bonchev–Trinajstić information content (AvgIpc) is 2.45. The predicted molar refractivity (Wildman–Crippen MR) is 83.9 cm³/mol. The molecule has 0 saturated carbocycles. The van der Waals surface area contributed by atoms with Gasteiger partial charge < -0.3 is 5.43 Å². The minimum absolute atomic E-state index is 0.707. The van der Waals surface area contributed by atoms with E-state index in [2.05, 4.69) is 53.5 Å². The number of hydrogen-bond acceptors (Lipinski definition) is 5. The van der Waals surface area contributed by atoms with Crippen LogP contribution in [0.4, 0.5) is 5.82 Å². The number of aryl methyl sites for hydroxylation is 2. The van der Waals surface area contributed by atoms with E-state index in [0.29, 0.717) is 5.82 Å². The van der Waals surface area contributed by atoms with E-state index >= 15 is 0 Å². The average molecular weight is 288 g/mol. The van der Waals surface area contributed by atoms with Crippen molar-refractivity contribution >= 4 is 17.6 Å². The van der Waals surface area contributed by atoms with E-state index in [0.717, 1.165) is 29.3 Å². The lowest BCUT2D eigenvalue weighted by Gasteiger charge is -2.11. The van der Waals surface area contributed by atoms with Gasteiger partial charge in [-0.05, 0) is 32.4 Å². The van der Waals surface area contributed by atoms with Crippen LogP contribution in [-0.2, 0) is 6.42 Å². The van der Waals surface area contributed by atoms with Crippen molar-refractivity contribution in [1.82, 2.24) is 9.97 Å². The Kier molecular flexibility index (Phi) is 4.98. The van der Waals surface area contributed by atoms with Gasteiger partial charge in [-0.2, -0.15) is 0 Å². The van der Waals surface area contributed by atoms with Crippen molar-refractivity contribution in [3.8, 4) is 0 Å². The summed E-state index contributed by atoms with van der Waals surface area (Å²) < 4.78 is 0. The fourth-order valence-electron chi connectivity index (χ4n) is 1.83. The third kappa shape index (κ3) is 3.49. The van der Waals surface area contributed by atoms with Crippen LogP contribution in [0.5, 0.6) is 0 Å². The van der Waals surface area contributed by atoms with Gasteiger partial charge in [0.1, 0.15) is 16.7 Å². The second-order valence-electron chi connectivity index (χ2n) is 4.73. The van der Waals surface area contributed by atoms with E-state index in [4.69, 9.17) is 5.84 Å². The molecule has 2 aromatic rings. The summed E-state index contributed by atoms with van der Waals surface area (Å²) in [6, 6.07) is 8.43. The van der Waals surface area contributed by atoms with Crippen LogP contribution in [0.25, 0.3) is 0 Å². The second-order valence-corrected chi connectivity index (χ2v) is 5.79. The molecule has 0 aliphatic rings. The summed E-state index contributed by atoms with van der Waals surface area (Å²) in [6.07, 6.45) is 1.87. The smallest absolute Gasteiger partial charge is 0.147 e. The molecule has 0 unspecified atom stereocenters. The van der Waals surface area contributed by atoms with Crippen LogP contribution in [0.2, 0.25) is 0 Å². The maximum atomic E-state index is 5.55. The van der Waals surface area contributed by atoms with E-state index in [1.54, 1.807) is 11.8 Å². The third-order valence-corrected chi connectivity index (χ3v) is 4.09. The number of anilines is 1. The molecule has 0 spiro atoms. The Hall–Kier alpha value is -1.59. The summed E-state index contributed by atoms with van der Waals surface area (Å²) in [5.41, 5.74) is 4.90. The van der Waals surface area contributed by atoms with Crippen LogP contribution in [0, 0.1) is 13.8 Å². The fourth-order valence-corrected chi connectivity index (χ4v) is 2.73. The molecule has 0 bridgehead atoms. The van der Waals surface area contributed by atoms with E-state index in [9.17, 15) is 0 Å². The van der Waals surface area contributed by atoms with Crippen LogP contribution in [0.15, 0.2) is 34.2 Å². The lowest BCUT2D eigenvalue weighted by atomic mass is 10.2. The number of nitrogens with two attached hydrogens (primary N) is 1. The summed E-state index contributed by atoms with van der Waals surface area (Å²) in [4.78, 5) is 10.3. The first-order chi connectivity index (χ1) is 9.63. The highest BCUT2D eigenvalue weighted by Gasteiger charge is 2.11. The predicted octanol–water partition coefficient (Wildman–Crippen LogP) is 3.48. The molecule has 3 N–H and O–H groups in total. The summed E-state index contributed by atoms with van der Waals surface area (Å²) >= 11 is 1.65. The monoisotopic (exact) mass is 288 g/mol. The van der Waals surface area contributed by atoms with E-state index in [1.165, 1.54) is 10.5 Å². The maximum absolute atomic E-state index is 5.55. The van der Waals surface area contributed by atoms with Gasteiger partial charge in [-0.3, -0.25) is 0 Å². The zero-order valence-electron chi connectivity index (χ0n) is 12.1. The molecule has 1 aromatic heterocycles. The molecule has 0 saturated heterocycles. The lowest BCUT2D eigenvalue weighted by molar-refractivity contribution is 0.802. The molecule has 0 amide bonds. The zero-order valence-corrected chi connectivity index (χ0v) is 12.9. The summed E-state index contributed by atoms with van der Waals surface area (Å²) in [5.74, 6) is 7.09. The highest BCUT2D eigenvalue weighted by molar-refractivity contribution is 7.99. The second kappa shape index (κ2) is 6.72. The Balaban J connectivity index is 2.33. The number of nitrogen functional groups attached to an aromatic ring is 1. The molecule has 0 aliphatic heterocycles. The van der Waals surface area contributed by atoms with Gasteiger partial charge in [-0.1, -0.05) is 36.4 Å². The summed E-state index contributed by atoms with van der Waals surface area (Å²) in [6.45, 7) is 6.19. The van der Waals surface area contributed by atoms with Gasteiger partial charge >= 0.3 is 0 Å². The lowest BCUT2D eigenvalue weighted by Crippen LogP contribution is -2.13. The van der Waals surface area contributed by atoms with Crippen molar-refractivity contribution < 1.29 is 0 Å². The first-order valence-electron chi connectivity index (χ1n) is 6.72. The largest absolute Gasteiger partial charge is 0.308 e. The van der Waals surface area contributed by atoms with Crippen LogP contribution in [0.3, 0.4) is 0 Å². The highest BCUT2D eigenvalue weighted by atomic mass is 32.2. The van der Waals surface area contributed by atoms with Crippen molar-refractivity contribution in [2.45, 2.75) is 43.5 Å². The van der Waals surface area contributed by atoms with E-state index in [-0.39, 0.29) is 0 Å². The summed E-state index contributed by atoms with van der Waals surface area (Å²) in [7, 11) is 0. The first kappa shape index (κ1) is 14.8. The van der Waals surface area contributed by atoms with Crippen molar-refractivity contribution in [3.05, 3.63) is 41.2 Å². The number of hydrogen-bond donors (Lipinski definition) is 2. The molecule has 1 heterocycles. The maximum Gasteiger partial charge on any atom is 0.147 e. The van der Waals surface area contributed by atoms with Gasteiger partial charge in [-0.25, -0.2) is 15.8 Å². The third-order valence-electron chi connectivity index (χ3n) is 2.99. The molecule has 0 atom stereocenters. The fraction of sp³-hybridized carbons (Fsp3) is 0.333. The van der Waals surface area contributed by atoms with E-state index < -0.39 is 0 Å². The number of aromatic nitrogens is 2. The van der Waals surface area contributed by atoms with Gasteiger partial charge in [0, 0.05) is 16.9 Å². The minimum atomic E-state index is 0.707. The van der Waals surface area contributed by atoms with Gasteiger partial charge in [0.2, 0.25) is 0 Å². The van der Waals surface area contributed by atoms with Crippen molar-refractivity contribution in [1.29, 1.82) is 0 Å². The number of nitrogens with zero attached hydrogens (tertiary/aromatic N) is 2. The molecule has 0 radical (unpaired) electrons. The quantitative estimate of drug-likeness (QED) is 0.501. The Morgan fingerprint density at radius 1 is 1.15 bits per heavy atom. The molecule has 106 valence electrons. The van der Waals surface area contributed by atoms with Crippen molar-refractivity contribution in [2.75, 3.05) is 5.43 Å². The van der Waals surface area contributed by atoms with Crippen LogP contribution < -0.4 is 11.3 Å². The molecule has 2 rings (SSSR count). The van der Waals surface area contributed by atoms with Gasteiger partial charge in [0.05, 0.1) is 0 Å². The number of hydrazine groups is 1. The molecule has 0 fully saturated rings. The highest BCUT2D eigenvalue weighted by Crippen LogP contribution is 2.31. The minimum Gasteiger partial charge on any atom is -0.308 e. The Morgan fingerprint density at radius 3 is 2.45 bits per heavy atom. The Morgan fingerprint density at radius 2 is 1.85 bits per heavy atom. The van der Waals surface area contributed by atoms with Gasteiger partial charge in [0.25, 0.3) is 0 Å². The van der Waals surface area contributed by atoms with Crippen molar-refractivity contribution in [2.24, 2.45) is 5.84 Å². The van der Waals surface area contributed by atoms with Gasteiger partial charge in [-0.15, -0.1) is 0 Å². The number of rotatable bonds is 5. The van der Waals surface area contributed by atoms with Gasteiger partial charge in [0.15, 0.2) is 0 Å². The van der Waals surface area contributed by atoms with Crippen LogP contribution in [0.1, 0.15) is 30.3 Å². The molecular weight excluding hydrogens is 268 g/mol. The Bertz CT molecular complexity index is 581. The van der Waals surface area contributed by atoms with Crippen LogP contribution in [-0.4, -0.2) is 9.97 Å². The molecule has 4 nitrogen and oxygen atoms in total. The first-order valence-corrected chi connectivity index (χ1v) is 7.54. The Labute approximate surface area is 124 Å². The normalized spacial score (nSPS) is 10.6. The standard InChI is InChI=1S/C15H20N4S/c1-4-5-13-17-14(19-16)11(3)15(18-13)20-12-8-6-10(2)7-9-12/h6-9H,4-5,16H2,1-3H3,(H,17,18,19). The topological polar surface area (TPSA) is 63.8 Å². The zero-order chi connectivity index (χ0) is 14.5. The molecule has 5 heteroatoms. The summed E-state index contributed by atoms with van der Waals surface area (Å²) in [5, 5.41) is 0.959.